The number of esters is 1. The summed E-state index contributed by atoms with van der Waals surface area (Å²) in [5.41, 5.74) is 2.41. The smallest absolute Gasteiger partial charge is 0.311 e. The van der Waals surface area contributed by atoms with E-state index in [0.717, 1.165) is 69.2 Å². The van der Waals surface area contributed by atoms with Crippen LogP contribution in [0.5, 0.6) is 0 Å². The third-order valence-electron chi connectivity index (χ3n) is 7.52. The fraction of sp³-hybridized carbons (Fsp3) is 0.520. The molecule has 3 unspecified atom stereocenters. The van der Waals surface area contributed by atoms with Crippen molar-refractivity contribution < 1.29 is 9.53 Å². The summed E-state index contributed by atoms with van der Waals surface area (Å²) in [5, 5.41) is 12.5. The molecule has 8 heteroatoms. The first-order chi connectivity index (χ1) is 16.1. The van der Waals surface area contributed by atoms with Crippen LogP contribution in [0, 0.1) is 22.7 Å². The minimum absolute atomic E-state index is 0.0289. The summed E-state index contributed by atoms with van der Waals surface area (Å²) in [5.74, 6) is 0.854. The Labute approximate surface area is 194 Å². The van der Waals surface area contributed by atoms with Crippen LogP contribution in [0.2, 0.25) is 0 Å². The molecule has 0 aromatic carbocycles. The van der Waals surface area contributed by atoms with Gasteiger partial charge in [0, 0.05) is 62.1 Å². The number of aromatic nitrogens is 2. The molecule has 2 aromatic heterocycles. The molecule has 3 fully saturated rings. The second kappa shape index (κ2) is 9.08. The zero-order valence-corrected chi connectivity index (χ0v) is 19.0. The van der Waals surface area contributed by atoms with Crippen LogP contribution in [0.15, 0.2) is 36.7 Å². The highest BCUT2D eigenvalue weighted by Crippen LogP contribution is 2.53. The van der Waals surface area contributed by atoms with Crippen molar-refractivity contribution in [3.63, 3.8) is 0 Å². The number of carbonyl (C=O) groups is 1. The van der Waals surface area contributed by atoms with Gasteiger partial charge in [-0.25, -0.2) is 4.98 Å². The van der Waals surface area contributed by atoms with Gasteiger partial charge in [-0.2, -0.15) is 5.26 Å². The summed E-state index contributed by atoms with van der Waals surface area (Å²) < 4.78 is 5.48. The Morgan fingerprint density at radius 2 is 2.12 bits per heavy atom. The van der Waals surface area contributed by atoms with Gasteiger partial charge in [0.2, 0.25) is 0 Å². The molecule has 3 aliphatic rings. The number of ether oxygens (including phenoxy) is 1. The lowest BCUT2D eigenvalue weighted by Gasteiger charge is -2.56. The standard InChI is InChI=1S/C25H30N6O2/c1-2-33-24(32)22-21(14-25(22)7-9-27-17-25)30-10-12-31(13-11-30)23-19(4-3-8-28-23)20-6-5-18(15-26)16-29-20/h3-6,8,16,21-22,27H,2,7,9-14,17H2,1H3. The average Bonchev–Trinajstić information content (AvgIpc) is 3.35. The molecule has 0 radical (unpaired) electrons. The van der Waals surface area contributed by atoms with E-state index in [2.05, 4.69) is 31.2 Å². The fourth-order valence-electron chi connectivity index (χ4n) is 5.82. The zero-order chi connectivity index (χ0) is 22.8. The van der Waals surface area contributed by atoms with Gasteiger partial charge in [0.1, 0.15) is 11.9 Å². The summed E-state index contributed by atoms with van der Waals surface area (Å²) >= 11 is 0. The van der Waals surface area contributed by atoms with E-state index in [-0.39, 0.29) is 23.3 Å². The van der Waals surface area contributed by atoms with E-state index in [9.17, 15) is 4.79 Å². The van der Waals surface area contributed by atoms with Crippen LogP contribution in [0.3, 0.4) is 0 Å². The molecule has 5 rings (SSSR count). The summed E-state index contributed by atoms with van der Waals surface area (Å²) in [6.45, 7) is 7.70. The number of nitrogens with zero attached hydrogens (tertiary/aromatic N) is 5. The van der Waals surface area contributed by atoms with Crippen molar-refractivity contribution in [1.29, 1.82) is 5.26 Å². The van der Waals surface area contributed by atoms with Crippen molar-refractivity contribution in [1.82, 2.24) is 20.2 Å². The number of nitriles is 1. The van der Waals surface area contributed by atoms with Gasteiger partial charge < -0.3 is 15.0 Å². The predicted molar refractivity (Wildman–Crippen MR) is 124 cm³/mol. The molecule has 0 amide bonds. The Hall–Kier alpha value is -3.02. The van der Waals surface area contributed by atoms with Crippen molar-refractivity contribution in [3.05, 3.63) is 42.2 Å². The lowest BCUT2D eigenvalue weighted by Crippen LogP contribution is -2.65. The molecule has 33 heavy (non-hydrogen) atoms. The number of pyridine rings is 2. The Balaban J connectivity index is 1.29. The molecule has 8 nitrogen and oxygen atoms in total. The maximum atomic E-state index is 12.8. The van der Waals surface area contributed by atoms with Crippen LogP contribution in [0.4, 0.5) is 5.82 Å². The summed E-state index contributed by atoms with van der Waals surface area (Å²) in [6.07, 6.45) is 5.54. The number of anilines is 1. The second-order valence-corrected chi connectivity index (χ2v) is 9.23. The quantitative estimate of drug-likeness (QED) is 0.698. The van der Waals surface area contributed by atoms with Gasteiger partial charge >= 0.3 is 5.97 Å². The van der Waals surface area contributed by atoms with E-state index in [1.165, 1.54) is 0 Å². The zero-order valence-electron chi connectivity index (χ0n) is 19.0. The normalized spacial score (nSPS) is 27.2. The molecule has 1 spiro atoms. The maximum Gasteiger partial charge on any atom is 0.311 e. The Morgan fingerprint density at radius 3 is 2.79 bits per heavy atom. The highest BCUT2D eigenvalue weighted by molar-refractivity contribution is 5.76. The summed E-state index contributed by atoms with van der Waals surface area (Å²) in [6, 6.07) is 9.99. The average molecular weight is 447 g/mol. The van der Waals surface area contributed by atoms with Crippen molar-refractivity contribution in [2.75, 3.05) is 50.8 Å². The van der Waals surface area contributed by atoms with Gasteiger partial charge in [-0.3, -0.25) is 14.7 Å². The Bertz CT molecular complexity index is 1040. The van der Waals surface area contributed by atoms with Crippen LogP contribution >= 0.6 is 0 Å². The van der Waals surface area contributed by atoms with E-state index < -0.39 is 0 Å². The highest BCUT2D eigenvalue weighted by atomic mass is 16.5. The largest absolute Gasteiger partial charge is 0.466 e. The molecule has 172 valence electrons. The van der Waals surface area contributed by atoms with Crippen LogP contribution in [-0.4, -0.2) is 72.8 Å². The third-order valence-corrected chi connectivity index (χ3v) is 7.52. The molecule has 1 N–H and O–H groups in total. The van der Waals surface area contributed by atoms with Crippen molar-refractivity contribution in [2.24, 2.45) is 11.3 Å². The number of carbonyl (C=O) groups excluding carboxylic acids is 1. The van der Waals surface area contributed by atoms with Crippen LogP contribution in [0.25, 0.3) is 11.3 Å². The fourth-order valence-corrected chi connectivity index (χ4v) is 5.82. The molecule has 2 saturated heterocycles. The molecule has 0 bridgehead atoms. The number of nitrogens with one attached hydrogen (secondary N) is 1. The first-order valence-corrected chi connectivity index (χ1v) is 11.8. The molecule has 3 atom stereocenters. The minimum Gasteiger partial charge on any atom is -0.466 e. The number of rotatable bonds is 5. The molecule has 1 saturated carbocycles. The first kappa shape index (κ1) is 21.8. The van der Waals surface area contributed by atoms with Gasteiger partial charge in [-0.05, 0) is 50.6 Å². The molecular weight excluding hydrogens is 416 g/mol. The third kappa shape index (κ3) is 3.96. The Kier molecular flexibility index (Phi) is 6.00. The van der Waals surface area contributed by atoms with E-state index in [1.807, 2.05) is 31.3 Å². The van der Waals surface area contributed by atoms with Gasteiger partial charge in [0.05, 0.1) is 23.8 Å². The van der Waals surface area contributed by atoms with Crippen LogP contribution in [-0.2, 0) is 9.53 Å². The number of piperazine rings is 1. The van der Waals surface area contributed by atoms with Crippen LogP contribution < -0.4 is 10.2 Å². The lowest BCUT2D eigenvalue weighted by atomic mass is 9.55. The summed E-state index contributed by atoms with van der Waals surface area (Å²) in [4.78, 5) is 26.8. The summed E-state index contributed by atoms with van der Waals surface area (Å²) in [7, 11) is 0. The second-order valence-electron chi connectivity index (χ2n) is 9.23. The van der Waals surface area contributed by atoms with Crippen molar-refractivity contribution >= 4 is 11.8 Å². The van der Waals surface area contributed by atoms with Gasteiger partial charge in [-0.1, -0.05) is 0 Å². The van der Waals surface area contributed by atoms with Crippen molar-refractivity contribution in [3.8, 4) is 17.3 Å². The topological polar surface area (TPSA) is 94.4 Å². The van der Waals surface area contributed by atoms with Gasteiger partial charge in [0.15, 0.2) is 0 Å². The number of hydrogen-bond donors (Lipinski definition) is 1. The number of hydrogen-bond acceptors (Lipinski definition) is 8. The monoisotopic (exact) mass is 446 g/mol. The SMILES string of the molecule is CCOC(=O)C1C(N2CCN(c3ncccc3-c3ccc(C#N)cn3)CC2)CC12CCNC2. The first-order valence-electron chi connectivity index (χ1n) is 11.8. The molecule has 2 aromatic rings. The van der Waals surface area contributed by atoms with Gasteiger partial charge in [0.25, 0.3) is 0 Å². The van der Waals surface area contributed by atoms with E-state index in [0.29, 0.717) is 12.2 Å². The Morgan fingerprint density at radius 1 is 1.27 bits per heavy atom. The van der Waals surface area contributed by atoms with Crippen LogP contribution in [0.1, 0.15) is 25.3 Å². The predicted octanol–water partition coefficient (Wildman–Crippen LogP) is 2.07. The minimum atomic E-state index is -0.0349. The molecular formula is C25H30N6O2. The lowest BCUT2D eigenvalue weighted by molar-refractivity contribution is -0.170. The molecule has 2 aliphatic heterocycles. The van der Waals surface area contributed by atoms with Gasteiger partial charge in [-0.15, -0.1) is 0 Å². The van der Waals surface area contributed by atoms with Crippen molar-refractivity contribution in [2.45, 2.75) is 25.8 Å². The molecule has 4 heterocycles. The maximum absolute atomic E-state index is 12.8. The van der Waals surface area contributed by atoms with E-state index in [4.69, 9.17) is 10.00 Å². The molecule has 1 aliphatic carbocycles. The highest BCUT2D eigenvalue weighted by Gasteiger charge is 2.60. The van der Waals surface area contributed by atoms with E-state index in [1.54, 1.807) is 12.3 Å². The van der Waals surface area contributed by atoms with E-state index >= 15 is 0 Å².